The predicted molar refractivity (Wildman–Crippen MR) is 66.0 cm³/mol. The first-order valence-corrected chi connectivity index (χ1v) is 5.61. The molecule has 0 aliphatic carbocycles. The van der Waals surface area contributed by atoms with Crippen LogP contribution in [0.15, 0.2) is 41.7 Å². The van der Waals surface area contributed by atoms with E-state index in [-0.39, 0.29) is 11.5 Å². The highest BCUT2D eigenvalue weighted by Gasteiger charge is 2.15. The fourth-order valence-electron chi connectivity index (χ4n) is 1.37. The SMILES string of the molecule is N/C(=N\OC(=O)c1ccn(C(F)F)n1)c1ccc(F)cc1. The van der Waals surface area contributed by atoms with Crippen LogP contribution in [-0.2, 0) is 4.84 Å². The van der Waals surface area contributed by atoms with Gasteiger partial charge in [0.15, 0.2) is 11.5 Å². The molecule has 1 heterocycles. The summed E-state index contributed by atoms with van der Waals surface area (Å²) in [7, 11) is 0. The number of carbonyl (C=O) groups is 1. The van der Waals surface area contributed by atoms with E-state index in [0.29, 0.717) is 10.2 Å². The normalized spacial score (nSPS) is 11.7. The molecule has 110 valence electrons. The molecule has 0 saturated heterocycles. The Kier molecular flexibility index (Phi) is 4.21. The van der Waals surface area contributed by atoms with Crippen molar-refractivity contribution >= 4 is 11.8 Å². The largest absolute Gasteiger partial charge is 0.385 e. The molecule has 2 rings (SSSR count). The Hall–Kier alpha value is -2.84. The summed E-state index contributed by atoms with van der Waals surface area (Å²) in [5, 5.41) is 6.64. The second kappa shape index (κ2) is 6.07. The molecule has 2 N–H and O–H groups in total. The number of carbonyl (C=O) groups excluding carboxylic acids is 1. The zero-order chi connectivity index (χ0) is 15.4. The Bertz CT molecular complexity index is 667. The predicted octanol–water partition coefficient (Wildman–Crippen LogP) is 1.89. The summed E-state index contributed by atoms with van der Waals surface area (Å²) in [6.45, 7) is -2.86. The second-order valence-corrected chi connectivity index (χ2v) is 3.82. The third-order valence-corrected chi connectivity index (χ3v) is 2.38. The van der Waals surface area contributed by atoms with E-state index in [2.05, 4.69) is 15.1 Å². The Morgan fingerprint density at radius 2 is 1.95 bits per heavy atom. The monoisotopic (exact) mass is 298 g/mol. The average Bonchev–Trinajstić information content (AvgIpc) is 2.95. The van der Waals surface area contributed by atoms with E-state index in [9.17, 15) is 18.0 Å². The van der Waals surface area contributed by atoms with Crippen LogP contribution < -0.4 is 5.73 Å². The maximum absolute atomic E-state index is 12.7. The molecule has 2 aromatic rings. The Morgan fingerprint density at radius 3 is 2.52 bits per heavy atom. The molecule has 0 fully saturated rings. The molecular weight excluding hydrogens is 289 g/mol. The summed E-state index contributed by atoms with van der Waals surface area (Å²) in [5.41, 5.74) is 5.52. The van der Waals surface area contributed by atoms with Crippen LogP contribution in [0.4, 0.5) is 13.2 Å². The van der Waals surface area contributed by atoms with E-state index in [4.69, 9.17) is 5.73 Å². The van der Waals surface area contributed by atoms with E-state index >= 15 is 0 Å². The molecule has 0 aliphatic heterocycles. The van der Waals surface area contributed by atoms with Crippen LogP contribution in [0.25, 0.3) is 0 Å². The number of alkyl halides is 2. The van der Waals surface area contributed by atoms with Crippen molar-refractivity contribution in [2.45, 2.75) is 6.55 Å². The lowest BCUT2D eigenvalue weighted by molar-refractivity contribution is 0.0472. The van der Waals surface area contributed by atoms with Crippen LogP contribution in [-0.4, -0.2) is 21.6 Å². The van der Waals surface area contributed by atoms with Crippen molar-refractivity contribution in [3.8, 4) is 0 Å². The lowest BCUT2D eigenvalue weighted by atomic mass is 10.2. The summed E-state index contributed by atoms with van der Waals surface area (Å²) in [4.78, 5) is 16.0. The van der Waals surface area contributed by atoms with Crippen LogP contribution in [0.5, 0.6) is 0 Å². The Morgan fingerprint density at radius 1 is 1.29 bits per heavy atom. The Balaban J connectivity index is 2.05. The molecule has 21 heavy (non-hydrogen) atoms. The number of hydrogen-bond donors (Lipinski definition) is 1. The molecular formula is C12H9F3N4O2. The first-order valence-electron chi connectivity index (χ1n) is 5.61. The van der Waals surface area contributed by atoms with E-state index in [1.54, 1.807) is 0 Å². The van der Waals surface area contributed by atoms with Crippen molar-refractivity contribution in [2.75, 3.05) is 0 Å². The number of aromatic nitrogens is 2. The maximum Gasteiger partial charge on any atom is 0.385 e. The molecule has 9 heteroatoms. The number of rotatable bonds is 4. The number of nitrogens with zero attached hydrogens (tertiary/aromatic N) is 3. The molecule has 0 amide bonds. The van der Waals surface area contributed by atoms with Gasteiger partial charge in [0.2, 0.25) is 0 Å². The summed E-state index contributed by atoms with van der Waals surface area (Å²) >= 11 is 0. The van der Waals surface area contributed by atoms with Gasteiger partial charge in [-0.2, -0.15) is 13.9 Å². The van der Waals surface area contributed by atoms with Crippen molar-refractivity contribution in [3.05, 3.63) is 53.6 Å². The van der Waals surface area contributed by atoms with E-state index in [1.807, 2.05) is 0 Å². The van der Waals surface area contributed by atoms with E-state index in [1.165, 1.54) is 12.1 Å². The van der Waals surface area contributed by atoms with Crippen LogP contribution in [0.2, 0.25) is 0 Å². The minimum atomic E-state index is -2.86. The highest BCUT2D eigenvalue weighted by atomic mass is 19.3. The third kappa shape index (κ3) is 3.59. The Labute approximate surface area is 116 Å². The van der Waals surface area contributed by atoms with Gasteiger partial charge in [0.05, 0.1) is 0 Å². The number of hydrogen-bond acceptors (Lipinski definition) is 4. The highest BCUT2D eigenvalue weighted by molar-refractivity contribution is 5.97. The van der Waals surface area contributed by atoms with Gasteiger partial charge in [-0.15, -0.1) is 0 Å². The molecule has 0 atom stereocenters. The summed E-state index contributed by atoms with van der Waals surface area (Å²) in [6.07, 6.45) is 0.925. The molecule has 1 aromatic heterocycles. The van der Waals surface area contributed by atoms with Crippen LogP contribution in [0, 0.1) is 5.82 Å². The van der Waals surface area contributed by atoms with Crippen molar-refractivity contribution in [3.63, 3.8) is 0 Å². The highest BCUT2D eigenvalue weighted by Crippen LogP contribution is 2.09. The number of halogens is 3. The summed E-state index contributed by atoms with van der Waals surface area (Å²) < 4.78 is 37.6. The lowest BCUT2D eigenvalue weighted by Gasteiger charge is -2.00. The van der Waals surface area contributed by atoms with Crippen LogP contribution in [0.3, 0.4) is 0 Å². The molecule has 0 radical (unpaired) electrons. The van der Waals surface area contributed by atoms with Gasteiger partial charge in [0.25, 0.3) is 0 Å². The van der Waals surface area contributed by atoms with Crippen molar-refractivity contribution in [1.29, 1.82) is 0 Å². The van der Waals surface area contributed by atoms with Gasteiger partial charge < -0.3 is 10.6 Å². The smallest absolute Gasteiger partial charge is 0.380 e. The fourth-order valence-corrected chi connectivity index (χ4v) is 1.37. The maximum atomic E-state index is 12.7. The molecule has 0 saturated carbocycles. The average molecular weight is 298 g/mol. The fraction of sp³-hybridized carbons (Fsp3) is 0.0833. The molecule has 0 bridgehead atoms. The minimum absolute atomic E-state index is 0.170. The van der Waals surface area contributed by atoms with Crippen molar-refractivity contribution in [2.24, 2.45) is 10.9 Å². The lowest BCUT2D eigenvalue weighted by Crippen LogP contribution is -2.15. The van der Waals surface area contributed by atoms with E-state index in [0.717, 1.165) is 24.4 Å². The van der Waals surface area contributed by atoms with Gasteiger partial charge in [-0.05, 0) is 30.3 Å². The quantitative estimate of drug-likeness (QED) is 0.404. The molecule has 0 unspecified atom stereocenters. The van der Waals surface area contributed by atoms with E-state index < -0.39 is 18.3 Å². The van der Waals surface area contributed by atoms with Gasteiger partial charge >= 0.3 is 12.5 Å². The van der Waals surface area contributed by atoms with Crippen molar-refractivity contribution < 1.29 is 22.8 Å². The summed E-state index contributed by atoms with van der Waals surface area (Å²) in [5.74, 6) is -1.67. The zero-order valence-electron chi connectivity index (χ0n) is 10.4. The minimum Gasteiger partial charge on any atom is -0.380 e. The molecule has 0 aliphatic rings. The van der Waals surface area contributed by atoms with Gasteiger partial charge in [-0.1, -0.05) is 5.16 Å². The second-order valence-electron chi connectivity index (χ2n) is 3.82. The first-order chi connectivity index (χ1) is 9.97. The molecule has 6 nitrogen and oxygen atoms in total. The van der Waals surface area contributed by atoms with Crippen molar-refractivity contribution in [1.82, 2.24) is 9.78 Å². The zero-order valence-corrected chi connectivity index (χ0v) is 10.4. The number of nitrogens with two attached hydrogens (primary N) is 1. The molecule has 0 spiro atoms. The summed E-state index contributed by atoms with van der Waals surface area (Å²) in [6, 6.07) is 6.05. The third-order valence-electron chi connectivity index (χ3n) is 2.38. The standard InChI is InChI=1S/C12H9F3N4O2/c13-8-3-1-7(2-4-8)10(16)18-21-11(20)9-5-6-19(17-9)12(14)15/h1-6,12H,(H2,16,18). The van der Waals surface area contributed by atoms with Gasteiger partial charge in [-0.3, -0.25) is 0 Å². The van der Waals surface area contributed by atoms with Gasteiger partial charge in [0.1, 0.15) is 5.82 Å². The van der Waals surface area contributed by atoms with Crippen LogP contribution in [0.1, 0.15) is 22.6 Å². The number of amidine groups is 1. The molecule has 1 aromatic carbocycles. The number of benzene rings is 1. The number of oxime groups is 1. The first kappa shape index (κ1) is 14.6. The van der Waals surface area contributed by atoms with Gasteiger partial charge in [-0.25, -0.2) is 13.9 Å². The van der Waals surface area contributed by atoms with Gasteiger partial charge in [0, 0.05) is 11.8 Å². The van der Waals surface area contributed by atoms with Crippen LogP contribution >= 0.6 is 0 Å². The topological polar surface area (TPSA) is 82.5 Å².